The molecule has 15 heavy (non-hydrogen) atoms. The van der Waals surface area contributed by atoms with Gasteiger partial charge in [-0.15, -0.1) is 0 Å². The Balaban J connectivity index is 0. The van der Waals surface area contributed by atoms with Crippen molar-refractivity contribution in [3.63, 3.8) is 0 Å². The maximum atomic E-state index is 12.2. The number of allylic oxidation sites excluding steroid dienone is 2. The van der Waals surface area contributed by atoms with Crippen LogP contribution >= 0.6 is 0 Å². The van der Waals surface area contributed by atoms with E-state index in [0.29, 0.717) is 19.6 Å². The van der Waals surface area contributed by atoms with E-state index in [9.17, 15) is 5.21 Å². The average molecular weight is 284 g/mol. The van der Waals surface area contributed by atoms with Gasteiger partial charge < -0.3 is 34.7 Å². The summed E-state index contributed by atoms with van der Waals surface area (Å²) in [6.45, 7) is 14.9. The first-order valence-electron chi connectivity index (χ1n) is 5.00. The van der Waals surface area contributed by atoms with E-state index in [1.165, 1.54) is 6.08 Å². The van der Waals surface area contributed by atoms with Gasteiger partial charge in [-0.25, -0.2) is 0 Å². The number of quaternary nitrogens is 1. The van der Waals surface area contributed by atoms with Crippen LogP contribution in [-0.2, 0) is 32.7 Å². The van der Waals surface area contributed by atoms with E-state index < -0.39 is 0 Å². The van der Waals surface area contributed by atoms with Crippen molar-refractivity contribution in [1.82, 2.24) is 0 Å². The number of hydrogen-bond donors (Lipinski definition) is 0. The fourth-order valence-electron chi connectivity index (χ4n) is 1.43. The van der Waals surface area contributed by atoms with E-state index in [1.54, 1.807) is 6.08 Å². The van der Waals surface area contributed by atoms with E-state index in [-0.39, 0.29) is 42.8 Å². The van der Waals surface area contributed by atoms with Crippen LogP contribution in [0.3, 0.4) is 0 Å². The molecule has 3 heteroatoms. The van der Waals surface area contributed by atoms with Gasteiger partial charge in [-0.2, -0.15) is 0 Å². The monoisotopic (exact) mass is 284 g/mol. The zero-order valence-corrected chi connectivity index (χ0v) is 13.1. The zero-order chi connectivity index (χ0) is 11.2. The van der Waals surface area contributed by atoms with Gasteiger partial charge in [-0.3, -0.25) is 0 Å². The van der Waals surface area contributed by atoms with Crippen molar-refractivity contribution in [3.8, 4) is 0 Å². The number of likely N-dealkylation sites (N-methyl/N-ethyl adjacent to an activating group) is 1. The van der Waals surface area contributed by atoms with Gasteiger partial charge >= 0.3 is 0 Å². The second-order valence-corrected chi connectivity index (χ2v) is 4.81. The van der Waals surface area contributed by atoms with Crippen molar-refractivity contribution in [2.75, 3.05) is 19.6 Å². The molecule has 0 aromatic carbocycles. The summed E-state index contributed by atoms with van der Waals surface area (Å²) in [5.41, 5.74) is 0.0475. The molecule has 0 aliphatic rings. The molecule has 0 saturated carbocycles. The largest absolute Gasteiger partial charge is 0.634 e. The summed E-state index contributed by atoms with van der Waals surface area (Å²) < 4.78 is -0.228. The zero-order valence-electron chi connectivity index (χ0n) is 10.3. The van der Waals surface area contributed by atoms with Crippen LogP contribution < -0.4 is 0 Å². The Morgan fingerprint density at radius 1 is 1.40 bits per heavy atom. The summed E-state index contributed by atoms with van der Waals surface area (Å²) in [7, 11) is 0. The maximum Gasteiger partial charge on any atom is 0.0823 e. The smallest absolute Gasteiger partial charge is 0.0823 e. The van der Waals surface area contributed by atoms with Gasteiger partial charge in [0.25, 0.3) is 0 Å². The third kappa shape index (κ3) is 9.43. The SMILES string of the molecule is [CH-]=CC=[C-]C[N+]([O-])(CC)CC(C)(C)C.[Y]. The summed E-state index contributed by atoms with van der Waals surface area (Å²) >= 11 is 0. The molecule has 0 spiro atoms. The van der Waals surface area contributed by atoms with Crippen LogP contribution in [0.25, 0.3) is 0 Å². The molecule has 1 radical (unpaired) electrons. The van der Waals surface area contributed by atoms with E-state index >= 15 is 0 Å². The van der Waals surface area contributed by atoms with Crippen molar-refractivity contribution in [2.45, 2.75) is 27.7 Å². The van der Waals surface area contributed by atoms with Gasteiger partial charge in [-0.05, 0) is 6.92 Å². The standard InChI is InChI=1S/C12H21NO.Y/c1-6-8-9-10-13(14,7-2)11-12(3,4)5;/h1,6,8H,7,10-11H2,2-5H3;/q-2;. The summed E-state index contributed by atoms with van der Waals surface area (Å²) in [6, 6.07) is 0. The van der Waals surface area contributed by atoms with Gasteiger partial charge in [-0.1, -0.05) is 20.8 Å². The maximum absolute atomic E-state index is 12.2. The molecule has 2 nitrogen and oxygen atoms in total. The third-order valence-corrected chi connectivity index (χ3v) is 1.93. The van der Waals surface area contributed by atoms with Crippen molar-refractivity contribution >= 4 is 0 Å². The average Bonchev–Trinajstić information content (AvgIpc) is 2.02. The van der Waals surface area contributed by atoms with Gasteiger partial charge in [0.2, 0.25) is 0 Å². The Hall–Kier alpha value is 0.504. The van der Waals surface area contributed by atoms with Crippen molar-refractivity contribution in [3.05, 3.63) is 30.0 Å². The van der Waals surface area contributed by atoms with Crippen LogP contribution in [0.5, 0.6) is 0 Å². The Bertz CT molecular complexity index is 208. The Morgan fingerprint density at radius 2 is 1.93 bits per heavy atom. The molecule has 1 atom stereocenters. The van der Waals surface area contributed by atoms with Crippen molar-refractivity contribution < 1.29 is 37.4 Å². The third-order valence-electron chi connectivity index (χ3n) is 1.93. The molecule has 0 fully saturated rings. The van der Waals surface area contributed by atoms with Crippen molar-refractivity contribution in [1.29, 1.82) is 0 Å². The molecule has 0 aliphatic carbocycles. The van der Waals surface area contributed by atoms with Gasteiger partial charge in [0.05, 0.1) is 13.1 Å². The van der Waals surface area contributed by atoms with Gasteiger partial charge in [0, 0.05) is 44.7 Å². The van der Waals surface area contributed by atoms with Crippen molar-refractivity contribution in [2.24, 2.45) is 5.41 Å². The summed E-state index contributed by atoms with van der Waals surface area (Å²) in [4.78, 5) is 0. The van der Waals surface area contributed by atoms with Crippen LogP contribution in [0.4, 0.5) is 0 Å². The number of rotatable bonds is 5. The predicted molar refractivity (Wildman–Crippen MR) is 60.0 cm³/mol. The van der Waals surface area contributed by atoms with E-state index in [2.05, 4.69) is 26.8 Å². The fraction of sp³-hybridized carbons (Fsp3) is 0.667. The van der Waals surface area contributed by atoms with E-state index in [4.69, 9.17) is 6.58 Å². The molecule has 0 saturated heterocycles. The molecular formula is C12H21NOY-2. The normalized spacial score (nSPS) is 15.8. The molecule has 0 N–H and O–H groups in total. The van der Waals surface area contributed by atoms with Crippen LogP contribution in [0, 0.1) is 23.3 Å². The second-order valence-electron chi connectivity index (χ2n) is 4.81. The summed E-state index contributed by atoms with van der Waals surface area (Å²) in [5, 5.41) is 12.2. The summed E-state index contributed by atoms with van der Waals surface area (Å²) in [5.74, 6) is 0. The predicted octanol–water partition coefficient (Wildman–Crippen LogP) is 2.71. The van der Waals surface area contributed by atoms with Crippen LogP contribution in [-0.4, -0.2) is 24.3 Å². The van der Waals surface area contributed by atoms with Gasteiger partial charge in [0.1, 0.15) is 0 Å². The first-order chi connectivity index (χ1) is 6.33. The molecule has 0 aromatic heterocycles. The quantitative estimate of drug-likeness (QED) is 0.329. The van der Waals surface area contributed by atoms with Crippen LogP contribution in [0.1, 0.15) is 27.7 Å². The molecular weight excluding hydrogens is 263 g/mol. The topological polar surface area (TPSA) is 23.1 Å². The Kier molecular flexibility index (Phi) is 9.21. The Morgan fingerprint density at radius 3 is 2.27 bits per heavy atom. The molecule has 0 amide bonds. The minimum absolute atomic E-state index is 0. The first-order valence-corrected chi connectivity index (χ1v) is 5.00. The van der Waals surface area contributed by atoms with Crippen LogP contribution in [0.2, 0.25) is 0 Å². The summed E-state index contributed by atoms with van der Waals surface area (Å²) in [6.07, 6.45) is 5.90. The minimum atomic E-state index is -0.228. The van der Waals surface area contributed by atoms with E-state index in [1.807, 2.05) is 6.92 Å². The number of hydroxylamine groups is 3. The number of nitrogens with zero attached hydrogens (tertiary/aromatic N) is 1. The second kappa shape index (κ2) is 7.72. The first kappa shape index (κ1) is 17.9. The fourth-order valence-corrected chi connectivity index (χ4v) is 1.43. The minimum Gasteiger partial charge on any atom is -0.634 e. The molecule has 0 rings (SSSR count). The molecule has 85 valence electrons. The molecule has 0 aliphatic heterocycles. The van der Waals surface area contributed by atoms with Gasteiger partial charge in [0.15, 0.2) is 0 Å². The molecule has 1 unspecified atom stereocenters. The Labute approximate surface area is 119 Å². The molecule has 0 aromatic rings. The number of hydrogen-bond acceptors (Lipinski definition) is 1. The van der Waals surface area contributed by atoms with Crippen LogP contribution in [0.15, 0.2) is 12.2 Å². The van der Waals surface area contributed by atoms with E-state index in [0.717, 1.165) is 0 Å². The molecule has 0 bridgehead atoms. The molecule has 0 heterocycles.